The van der Waals surface area contributed by atoms with Crippen LogP contribution < -0.4 is 10.1 Å². The summed E-state index contributed by atoms with van der Waals surface area (Å²) in [7, 11) is 0. The smallest absolute Gasteiger partial charge is 0.237 e. The van der Waals surface area contributed by atoms with Gasteiger partial charge in [-0.15, -0.1) is 0 Å². The number of piperidine rings is 1. The van der Waals surface area contributed by atoms with Gasteiger partial charge in [0, 0.05) is 25.7 Å². The van der Waals surface area contributed by atoms with E-state index in [2.05, 4.69) is 20.2 Å². The van der Waals surface area contributed by atoms with Gasteiger partial charge in [0.05, 0.1) is 24.0 Å². The number of nitrogens with zero attached hydrogens (tertiary/aromatic N) is 3. The first-order valence-corrected chi connectivity index (χ1v) is 8.99. The highest BCUT2D eigenvalue weighted by molar-refractivity contribution is 5.78. The Balaban J connectivity index is 1.58. The number of amides is 1. The SMILES string of the molecule is CCNC(=O)[C@H]1CCCN(Cc2cnc(Oc3ccc(F)cc3F)cn2)C1. The van der Waals surface area contributed by atoms with Crippen LogP contribution in [-0.2, 0) is 11.3 Å². The van der Waals surface area contributed by atoms with Gasteiger partial charge in [0.15, 0.2) is 11.6 Å². The fraction of sp³-hybridized carbons (Fsp3) is 0.421. The van der Waals surface area contributed by atoms with Crippen molar-refractivity contribution < 1.29 is 18.3 Å². The lowest BCUT2D eigenvalue weighted by Gasteiger charge is -2.31. The second-order valence-electron chi connectivity index (χ2n) is 6.49. The van der Waals surface area contributed by atoms with E-state index in [9.17, 15) is 13.6 Å². The number of benzene rings is 1. The van der Waals surface area contributed by atoms with Gasteiger partial charge in [0.1, 0.15) is 5.82 Å². The first kappa shape index (κ1) is 19.2. The van der Waals surface area contributed by atoms with E-state index in [1.54, 1.807) is 6.20 Å². The number of carbonyl (C=O) groups is 1. The third-order valence-corrected chi connectivity index (χ3v) is 4.40. The van der Waals surface area contributed by atoms with Gasteiger partial charge in [-0.05, 0) is 38.4 Å². The fourth-order valence-corrected chi connectivity index (χ4v) is 3.11. The first-order chi connectivity index (χ1) is 13.0. The Hall–Kier alpha value is -2.61. The van der Waals surface area contributed by atoms with E-state index in [0.717, 1.165) is 37.2 Å². The van der Waals surface area contributed by atoms with Crippen molar-refractivity contribution in [2.45, 2.75) is 26.3 Å². The second-order valence-corrected chi connectivity index (χ2v) is 6.49. The van der Waals surface area contributed by atoms with Crippen LogP contribution >= 0.6 is 0 Å². The lowest BCUT2D eigenvalue weighted by atomic mass is 9.97. The van der Waals surface area contributed by atoms with Gasteiger partial charge in [-0.3, -0.25) is 14.7 Å². The number of halogens is 2. The van der Waals surface area contributed by atoms with E-state index in [1.807, 2.05) is 6.92 Å². The van der Waals surface area contributed by atoms with E-state index in [0.29, 0.717) is 19.6 Å². The lowest BCUT2D eigenvalue weighted by molar-refractivity contribution is -0.126. The van der Waals surface area contributed by atoms with Crippen molar-refractivity contribution in [1.29, 1.82) is 0 Å². The Kier molecular flexibility index (Phi) is 6.28. The Bertz CT molecular complexity index is 786. The standard InChI is InChI=1S/C19H22F2N4O2/c1-2-22-19(26)13-4-3-7-25(11-13)12-15-9-24-18(10-23-15)27-17-6-5-14(20)8-16(17)21/h5-6,8-10,13H,2-4,7,11-12H2,1H3,(H,22,26)/t13-/m0/s1. The number of hydrogen-bond acceptors (Lipinski definition) is 5. The Labute approximate surface area is 156 Å². The van der Waals surface area contributed by atoms with Crippen molar-refractivity contribution in [1.82, 2.24) is 20.2 Å². The molecule has 3 rings (SSSR count). The minimum absolute atomic E-state index is 0.00397. The van der Waals surface area contributed by atoms with Gasteiger partial charge in [-0.25, -0.2) is 13.8 Å². The van der Waals surface area contributed by atoms with E-state index in [1.165, 1.54) is 12.3 Å². The molecule has 1 amide bonds. The van der Waals surface area contributed by atoms with Crippen LogP contribution in [0.15, 0.2) is 30.6 Å². The highest BCUT2D eigenvalue weighted by Crippen LogP contribution is 2.23. The number of nitrogens with one attached hydrogen (secondary N) is 1. The number of rotatable bonds is 6. The molecule has 27 heavy (non-hydrogen) atoms. The average Bonchev–Trinajstić information content (AvgIpc) is 2.66. The van der Waals surface area contributed by atoms with Crippen LogP contribution in [0.1, 0.15) is 25.5 Å². The summed E-state index contributed by atoms with van der Waals surface area (Å²) in [5, 5.41) is 2.87. The molecule has 1 atom stereocenters. The summed E-state index contributed by atoms with van der Waals surface area (Å²) >= 11 is 0. The number of likely N-dealkylation sites (tertiary alicyclic amines) is 1. The van der Waals surface area contributed by atoms with Crippen molar-refractivity contribution in [2.75, 3.05) is 19.6 Å². The van der Waals surface area contributed by atoms with Crippen molar-refractivity contribution in [3.05, 3.63) is 47.9 Å². The molecular formula is C19H22F2N4O2. The summed E-state index contributed by atoms with van der Waals surface area (Å²) in [6.07, 6.45) is 4.82. The molecule has 1 aromatic carbocycles. The van der Waals surface area contributed by atoms with E-state index < -0.39 is 11.6 Å². The van der Waals surface area contributed by atoms with E-state index >= 15 is 0 Å². The number of ether oxygens (including phenoxy) is 1. The molecule has 1 aliphatic heterocycles. The first-order valence-electron chi connectivity index (χ1n) is 8.99. The molecule has 2 heterocycles. The highest BCUT2D eigenvalue weighted by Gasteiger charge is 2.25. The molecule has 0 spiro atoms. The van der Waals surface area contributed by atoms with Crippen LogP contribution in [0.2, 0.25) is 0 Å². The summed E-state index contributed by atoms with van der Waals surface area (Å²) in [5.41, 5.74) is 0.735. The summed E-state index contributed by atoms with van der Waals surface area (Å²) in [6.45, 7) is 4.71. The normalized spacial score (nSPS) is 17.5. The van der Waals surface area contributed by atoms with Crippen molar-refractivity contribution in [3.63, 3.8) is 0 Å². The molecule has 0 radical (unpaired) electrons. The maximum absolute atomic E-state index is 13.6. The lowest BCUT2D eigenvalue weighted by Crippen LogP contribution is -2.42. The van der Waals surface area contributed by atoms with Crippen LogP contribution in [0.5, 0.6) is 11.6 Å². The zero-order valence-electron chi connectivity index (χ0n) is 15.1. The minimum Gasteiger partial charge on any atom is -0.434 e. The van der Waals surface area contributed by atoms with Crippen LogP contribution in [0.4, 0.5) is 8.78 Å². The molecule has 0 aliphatic carbocycles. The molecular weight excluding hydrogens is 354 g/mol. The third-order valence-electron chi connectivity index (χ3n) is 4.40. The molecule has 2 aromatic rings. The van der Waals surface area contributed by atoms with Gasteiger partial charge >= 0.3 is 0 Å². The summed E-state index contributed by atoms with van der Waals surface area (Å²) in [6, 6.07) is 3.07. The molecule has 1 fully saturated rings. The molecule has 0 saturated carbocycles. The Morgan fingerprint density at radius 1 is 1.33 bits per heavy atom. The Morgan fingerprint density at radius 3 is 2.89 bits per heavy atom. The van der Waals surface area contributed by atoms with Crippen LogP contribution in [0.3, 0.4) is 0 Å². The van der Waals surface area contributed by atoms with Gasteiger partial charge < -0.3 is 10.1 Å². The van der Waals surface area contributed by atoms with E-state index in [-0.39, 0.29) is 23.5 Å². The van der Waals surface area contributed by atoms with Crippen molar-refractivity contribution in [3.8, 4) is 11.6 Å². The summed E-state index contributed by atoms with van der Waals surface area (Å²) in [4.78, 5) is 22.6. The zero-order valence-corrected chi connectivity index (χ0v) is 15.1. The minimum atomic E-state index is -0.800. The predicted octanol–water partition coefficient (Wildman–Crippen LogP) is 2.90. The van der Waals surface area contributed by atoms with Crippen LogP contribution in [0, 0.1) is 17.6 Å². The highest BCUT2D eigenvalue weighted by atomic mass is 19.1. The molecule has 1 N–H and O–H groups in total. The predicted molar refractivity (Wildman–Crippen MR) is 95.1 cm³/mol. The average molecular weight is 376 g/mol. The maximum atomic E-state index is 13.6. The molecule has 0 bridgehead atoms. The molecule has 1 aliphatic rings. The Morgan fingerprint density at radius 2 is 2.19 bits per heavy atom. The molecule has 144 valence electrons. The number of hydrogen-bond donors (Lipinski definition) is 1. The monoisotopic (exact) mass is 376 g/mol. The molecule has 6 nitrogen and oxygen atoms in total. The van der Waals surface area contributed by atoms with Crippen molar-refractivity contribution in [2.24, 2.45) is 5.92 Å². The van der Waals surface area contributed by atoms with E-state index in [4.69, 9.17) is 4.74 Å². The van der Waals surface area contributed by atoms with Gasteiger partial charge in [-0.2, -0.15) is 0 Å². The maximum Gasteiger partial charge on any atom is 0.237 e. The van der Waals surface area contributed by atoms with Crippen LogP contribution in [-0.4, -0.2) is 40.4 Å². The molecule has 0 unspecified atom stereocenters. The number of aromatic nitrogens is 2. The fourth-order valence-electron chi connectivity index (χ4n) is 3.11. The van der Waals surface area contributed by atoms with Gasteiger partial charge in [0.2, 0.25) is 11.8 Å². The second kappa shape index (κ2) is 8.85. The quantitative estimate of drug-likeness (QED) is 0.840. The van der Waals surface area contributed by atoms with Crippen LogP contribution in [0.25, 0.3) is 0 Å². The largest absolute Gasteiger partial charge is 0.434 e. The van der Waals surface area contributed by atoms with Gasteiger partial charge in [0.25, 0.3) is 0 Å². The summed E-state index contributed by atoms with van der Waals surface area (Å²) < 4.78 is 31.9. The molecule has 8 heteroatoms. The van der Waals surface area contributed by atoms with Gasteiger partial charge in [-0.1, -0.05) is 0 Å². The number of carbonyl (C=O) groups excluding carboxylic acids is 1. The summed E-state index contributed by atoms with van der Waals surface area (Å²) in [5.74, 6) is -1.37. The zero-order chi connectivity index (χ0) is 19.2. The van der Waals surface area contributed by atoms with Crippen molar-refractivity contribution >= 4 is 5.91 Å². The topological polar surface area (TPSA) is 67.4 Å². The molecule has 1 aromatic heterocycles. The molecule has 1 saturated heterocycles. The third kappa shape index (κ3) is 5.19.